The van der Waals surface area contributed by atoms with Crippen LogP contribution in [-0.4, -0.2) is 5.78 Å². The number of Topliss-reactive ketones (excluding diaryl/α,β-unsaturated/α-hetero) is 1. The largest absolute Gasteiger partial charge is 0.488 e. The summed E-state index contributed by atoms with van der Waals surface area (Å²) < 4.78 is 19.2. The molecule has 2 aromatic rings. The molecule has 0 aliphatic rings. The molecule has 21 heavy (non-hydrogen) atoms. The number of nitriles is 1. The van der Waals surface area contributed by atoms with Crippen molar-refractivity contribution in [3.8, 4) is 11.8 Å². The molecular formula is C17H14FNO2. The summed E-state index contributed by atoms with van der Waals surface area (Å²) in [5.74, 6) is -0.0451. The highest BCUT2D eigenvalue weighted by Gasteiger charge is 2.11. The molecule has 0 unspecified atom stereocenters. The second-order valence-electron chi connectivity index (χ2n) is 4.48. The average molecular weight is 283 g/mol. The molecule has 3 nitrogen and oxygen atoms in total. The van der Waals surface area contributed by atoms with Gasteiger partial charge in [0.1, 0.15) is 18.2 Å². The Bertz CT molecular complexity index is 704. The summed E-state index contributed by atoms with van der Waals surface area (Å²) in [5, 5.41) is 8.83. The highest BCUT2D eigenvalue weighted by atomic mass is 19.1. The molecule has 0 aromatic heterocycles. The Morgan fingerprint density at radius 1 is 1.29 bits per heavy atom. The van der Waals surface area contributed by atoms with Crippen molar-refractivity contribution >= 4 is 5.78 Å². The van der Waals surface area contributed by atoms with Gasteiger partial charge in [-0.2, -0.15) is 5.26 Å². The quantitative estimate of drug-likeness (QED) is 0.783. The maximum atomic E-state index is 13.7. The fraction of sp³-hybridized carbons (Fsp3) is 0.176. The monoisotopic (exact) mass is 283 g/mol. The van der Waals surface area contributed by atoms with Crippen LogP contribution < -0.4 is 4.74 Å². The van der Waals surface area contributed by atoms with E-state index in [4.69, 9.17) is 10.00 Å². The predicted molar refractivity (Wildman–Crippen MR) is 76.5 cm³/mol. The molecule has 0 N–H and O–H groups in total. The smallest absolute Gasteiger partial charge is 0.166 e. The number of ether oxygens (including phenoxy) is 1. The van der Waals surface area contributed by atoms with Crippen LogP contribution in [0, 0.1) is 17.1 Å². The molecule has 2 rings (SSSR count). The van der Waals surface area contributed by atoms with Crippen molar-refractivity contribution in [2.45, 2.75) is 20.0 Å². The zero-order valence-electron chi connectivity index (χ0n) is 11.6. The Hall–Kier alpha value is -2.67. The van der Waals surface area contributed by atoms with E-state index in [0.717, 1.165) is 0 Å². The van der Waals surface area contributed by atoms with Gasteiger partial charge in [0.25, 0.3) is 0 Å². The number of ketones is 1. The van der Waals surface area contributed by atoms with E-state index < -0.39 is 5.82 Å². The van der Waals surface area contributed by atoms with Crippen LogP contribution in [0.1, 0.15) is 34.8 Å². The second kappa shape index (κ2) is 6.67. The maximum Gasteiger partial charge on any atom is 0.166 e. The number of hydrogen-bond donors (Lipinski definition) is 0. The van der Waals surface area contributed by atoms with Gasteiger partial charge in [-0.1, -0.05) is 19.1 Å². The Morgan fingerprint density at radius 3 is 2.76 bits per heavy atom. The molecule has 4 heteroatoms. The summed E-state index contributed by atoms with van der Waals surface area (Å²) in [6.07, 6.45) is 0.374. The topological polar surface area (TPSA) is 50.1 Å². The van der Waals surface area contributed by atoms with Crippen LogP contribution >= 0.6 is 0 Å². The summed E-state index contributed by atoms with van der Waals surface area (Å²) in [6, 6.07) is 12.9. The number of para-hydroxylation sites is 1. The fourth-order valence-electron chi connectivity index (χ4n) is 1.92. The summed E-state index contributed by atoms with van der Waals surface area (Å²) in [5.41, 5.74) is 1.14. The molecule has 0 amide bonds. The number of benzene rings is 2. The molecule has 0 radical (unpaired) electrons. The van der Waals surface area contributed by atoms with Crippen molar-refractivity contribution in [3.05, 3.63) is 65.0 Å². The third-order valence-electron chi connectivity index (χ3n) is 3.07. The second-order valence-corrected chi connectivity index (χ2v) is 4.48. The SMILES string of the molecule is CCC(=O)c1ccccc1OCc1cc(C#N)ccc1F. The molecule has 0 aliphatic carbocycles. The van der Waals surface area contributed by atoms with Crippen molar-refractivity contribution in [1.82, 2.24) is 0 Å². The molecule has 106 valence electrons. The van der Waals surface area contributed by atoms with Crippen LogP contribution in [-0.2, 0) is 6.61 Å². The molecule has 0 bridgehead atoms. The third kappa shape index (κ3) is 3.46. The fourth-order valence-corrected chi connectivity index (χ4v) is 1.92. The minimum Gasteiger partial charge on any atom is -0.488 e. The predicted octanol–water partition coefficient (Wildman–Crippen LogP) is 3.87. The van der Waals surface area contributed by atoms with Crippen molar-refractivity contribution in [2.75, 3.05) is 0 Å². The van der Waals surface area contributed by atoms with Gasteiger partial charge in [-0.25, -0.2) is 4.39 Å². The molecule has 2 aromatic carbocycles. The molecule has 0 heterocycles. The minimum absolute atomic E-state index is 0.0307. The van der Waals surface area contributed by atoms with Crippen LogP contribution in [0.15, 0.2) is 42.5 Å². The van der Waals surface area contributed by atoms with E-state index in [-0.39, 0.29) is 18.0 Å². The first-order valence-corrected chi connectivity index (χ1v) is 6.59. The van der Waals surface area contributed by atoms with Gasteiger partial charge in [0.05, 0.1) is 17.2 Å². The van der Waals surface area contributed by atoms with E-state index in [9.17, 15) is 9.18 Å². The molecule has 0 atom stereocenters. The van der Waals surface area contributed by atoms with Crippen molar-refractivity contribution in [1.29, 1.82) is 5.26 Å². The van der Waals surface area contributed by atoms with E-state index in [2.05, 4.69) is 0 Å². The lowest BCUT2D eigenvalue weighted by Crippen LogP contribution is -2.04. The van der Waals surface area contributed by atoms with Gasteiger partial charge in [-0.05, 0) is 30.3 Å². The van der Waals surface area contributed by atoms with E-state index in [1.165, 1.54) is 18.2 Å². The van der Waals surface area contributed by atoms with Crippen LogP contribution in [0.5, 0.6) is 5.75 Å². The first-order valence-electron chi connectivity index (χ1n) is 6.59. The molecule has 0 aliphatic heterocycles. The Kier molecular flexibility index (Phi) is 4.68. The van der Waals surface area contributed by atoms with Gasteiger partial charge in [-0.15, -0.1) is 0 Å². The lowest BCUT2D eigenvalue weighted by Gasteiger charge is -2.11. The Balaban J connectivity index is 2.21. The highest BCUT2D eigenvalue weighted by molar-refractivity contribution is 5.98. The number of carbonyl (C=O) groups is 1. The van der Waals surface area contributed by atoms with E-state index in [1.807, 2.05) is 6.07 Å². The molecule has 0 spiro atoms. The van der Waals surface area contributed by atoms with Crippen molar-refractivity contribution < 1.29 is 13.9 Å². The Labute approximate surface area is 122 Å². The zero-order valence-corrected chi connectivity index (χ0v) is 11.6. The van der Waals surface area contributed by atoms with Gasteiger partial charge in [0.15, 0.2) is 5.78 Å². The number of halogens is 1. The lowest BCUT2D eigenvalue weighted by atomic mass is 10.1. The van der Waals surface area contributed by atoms with Gasteiger partial charge in [0, 0.05) is 12.0 Å². The first kappa shape index (κ1) is 14.7. The standard InChI is InChI=1S/C17H14FNO2/c1-2-16(20)14-5-3-4-6-17(14)21-11-13-9-12(10-19)7-8-15(13)18/h3-9H,2,11H2,1H3. The average Bonchev–Trinajstić information content (AvgIpc) is 2.53. The number of carbonyl (C=O) groups excluding carboxylic acids is 1. The van der Waals surface area contributed by atoms with Crippen LogP contribution in [0.25, 0.3) is 0 Å². The van der Waals surface area contributed by atoms with Gasteiger partial charge < -0.3 is 4.74 Å². The van der Waals surface area contributed by atoms with Gasteiger partial charge in [0.2, 0.25) is 0 Å². The summed E-state index contributed by atoms with van der Waals surface area (Å²) in [4.78, 5) is 11.8. The van der Waals surface area contributed by atoms with Crippen LogP contribution in [0.3, 0.4) is 0 Å². The highest BCUT2D eigenvalue weighted by Crippen LogP contribution is 2.21. The molecule has 0 fully saturated rings. The van der Waals surface area contributed by atoms with E-state index >= 15 is 0 Å². The van der Waals surface area contributed by atoms with Gasteiger partial charge in [-0.3, -0.25) is 4.79 Å². The van der Waals surface area contributed by atoms with Gasteiger partial charge >= 0.3 is 0 Å². The summed E-state index contributed by atoms with van der Waals surface area (Å²) >= 11 is 0. The third-order valence-corrected chi connectivity index (χ3v) is 3.07. The molecule has 0 saturated carbocycles. The minimum atomic E-state index is -0.437. The van der Waals surface area contributed by atoms with Crippen molar-refractivity contribution in [3.63, 3.8) is 0 Å². The zero-order chi connectivity index (χ0) is 15.2. The lowest BCUT2D eigenvalue weighted by molar-refractivity contribution is 0.0983. The van der Waals surface area contributed by atoms with Crippen molar-refractivity contribution in [2.24, 2.45) is 0 Å². The summed E-state index contributed by atoms with van der Waals surface area (Å²) in [7, 11) is 0. The Morgan fingerprint density at radius 2 is 2.05 bits per heavy atom. The molecular weight excluding hydrogens is 269 g/mol. The summed E-state index contributed by atoms with van der Waals surface area (Å²) in [6.45, 7) is 1.74. The number of hydrogen-bond acceptors (Lipinski definition) is 3. The number of nitrogens with zero attached hydrogens (tertiary/aromatic N) is 1. The van der Waals surface area contributed by atoms with Crippen LogP contribution in [0.4, 0.5) is 4.39 Å². The normalized spacial score (nSPS) is 9.95. The van der Waals surface area contributed by atoms with Crippen LogP contribution in [0.2, 0.25) is 0 Å². The molecule has 0 saturated heterocycles. The van der Waals surface area contributed by atoms with E-state index in [0.29, 0.717) is 23.3 Å². The maximum absolute atomic E-state index is 13.7. The number of rotatable bonds is 5. The first-order chi connectivity index (χ1) is 10.2. The van der Waals surface area contributed by atoms with E-state index in [1.54, 1.807) is 31.2 Å².